The van der Waals surface area contributed by atoms with Gasteiger partial charge >= 0.3 is 0 Å². The van der Waals surface area contributed by atoms with E-state index >= 15 is 0 Å². The Kier molecular flexibility index (Phi) is 2.49. The average Bonchev–Trinajstić information content (AvgIpc) is 2.22. The van der Waals surface area contributed by atoms with Crippen LogP contribution in [0.2, 0.25) is 0 Å². The topological polar surface area (TPSA) is 61.0 Å². The van der Waals surface area contributed by atoms with E-state index in [0.29, 0.717) is 17.4 Å². The number of pyridine rings is 2. The predicted molar refractivity (Wildman–Crippen MR) is 57.7 cm³/mol. The number of rotatable bonds is 2. The summed E-state index contributed by atoms with van der Waals surface area (Å²) in [6.45, 7) is 1.92. The van der Waals surface area contributed by atoms with Crippen LogP contribution in [0.4, 0.5) is 5.82 Å². The van der Waals surface area contributed by atoms with Crippen molar-refractivity contribution in [1.29, 1.82) is 0 Å². The molecular weight excluding hydrogens is 190 g/mol. The SMILES string of the molecule is Cc1ccc(Oc2cccc(N)n2)cn1. The molecule has 0 radical (unpaired) electrons. The lowest BCUT2D eigenvalue weighted by atomic mass is 10.4. The van der Waals surface area contributed by atoms with Gasteiger partial charge in [-0.05, 0) is 25.1 Å². The molecule has 2 rings (SSSR count). The van der Waals surface area contributed by atoms with Crippen LogP contribution < -0.4 is 10.5 Å². The largest absolute Gasteiger partial charge is 0.437 e. The highest BCUT2D eigenvalue weighted by atomic mass is 16.5. The molecule has 4 nitrogen and oxygen atoms in total. The number of nitrogens with two attached hydrogens (primary N) is 1. The summed E-state index contributed by atoms with van der Waals surface area (Å²) in [5, 5.41) is 0. The van der Waals surface area contributed by atoms with Gasteiger partial charge in [0.2, 0.25) is 5.88 Å². The first-order valence-electron chi connectivity index (χ1n) is 4.57. The minimum Gasteiger partial charge on any atom is -0.437 e. The molecule has 15 heavy (non-hydrogen) atoms. The van der Waals surface area contributed by atoms with Gasteiger partial charge < -0.3 is 10.5 Å². The summed E-state index contributed by atoms with van der Waals surface area (Å²) in [4.78, 5) is 8.13. The van der Waals surface area contributed by atoms with E-state index in [1.54, 1.807) is 24.4 Å². The van der Waals surface area contributed by atoms with E-state index < -0.39 is 0 Å². The Labute approximate surface area is 87.7 Å². The molecule has 2 heterocycles. The molecule has 0 aliphatic carbocycles. The minimum atomic E-state index is 0.438. The number of nitrogens with zero attached hydrogens (tertiary/aromatic N) is 2. The van der Waals surface area contributed by atoms with Gasteiger partial charge in [0, 0.05) is 11.8 Å². The molecule has 0 aliphatic rings. The van der Waals surface area contributed by atoms with Gasteiger partial charge in [0.15, 0.2) is 0 Å². The van der Waals surface area contributed by atoms with Gasteiger partial charge in [-0.1, -0.05) is 6.07 Å². The molecule has 0 aliphatic heterocycles. The van der Waals surface area contributed by atoms with Crippen molar-refractivity contribution in [3.05, 3.63) is 42.2 Å². The fourth-order valence-electron chi connectivity index (χ4n) is 1.12. The Morgan fingerprint density at radius 2 is 2.07 bits per heavy atom. The number of hydrogen-bond donors (Lipinski definition) is 1. The van der Waals surface area contributed by atoms with Crippen LogP contribution in [0.15, 0.2) is 36.5 Å². The molecule has 76 valence electrons. The number of hydrogen-bond acceptors (Lipinski definition) is 4. The zero-order chi connectivity index (χ0) is 10.7. The van der Waals surface area contributed by atoms with Crippen LogP contribution in [0.1, 0.15) is 5.69 Å². The summed E-state index contributed by atoms with van der Waals surface area (Å²) in [5.74, 6) is 1.56. The highest BCUT2D eigenvalue weighted by molar-refractivity contribution is 5.33. The predicted octanol–water partition coefficient (Wildman–Crippen LogP) is 2.16. The number of aryl methyl sites for hydroxylation is 1. The van der Waals surface area contributed by atoms with Crippen LogP contribution in [-0.2, 0) is 0 Å². The Morgan fingerprint density at radius 3 is 2.73 bits per heavy atom. The first-order valence-corrected chi connectivity index (χ1v) is 4.57. The van der Waals surface area contributed by atoms with Gasteiger partial charge in [0.25, 0.3) is 0 Å². The summed E-state index contributed by atoms with van der Waals surface area (Å²) < 4.78 is 5.46. The molecule has 0 bridgehead atoms. The molecule has 4 heteroatoms. The fourth-order valence-corrected chi connectivity index (χ4v) is 1.12. The maximum atomic E-state index is 5.53. The van der Waals surface area contributed by atoms with Crippen LogP contribution in [0.5, 0.6) is 11.6 Å². The van der Waals surface area contributed by atoms with Gasteiger partial charge in [-0.2, -0.15) is 4.98 Å². The van der Waals surface area contributed by atoms with E-state index in [1.165, 1.54) is 0 Å². The van der Waals surface area contributed by atoms with E-state index in [9.17, 15) is 0 Å². The maximum Gasteiger partial charge on any atom is 0.221 e. The number of nitrogen functional groups attached to an aromatic ring is 1. The van der Waals surface area contributed by atoms with Crippen LogP contribution in [-0.4, -0.2) is 9.97 Å². The van der Waals surface area contributed by atoms with Crippen LogP contribution in [0, 0.1) is 6.92 Å². The molecule has 0 fully saturated rings. The summed E-state index contributed by atoms with van der Waals surface area (Å²) in [5.41, 5.74) is 6.48. The second-order valence-electron chi connectivity index (χ2n) is 3.14. The van der Waals surface area contributed by atoms with Crippen LogP contribution in [0.25, 0.3) is 0 Å². The Balaban J connectivity index is 2.18. The van der Waals surface area contributed by atoms with E-state index in [0.717, 1.165) is 5.69 Å². The zero-order valence-corrected chi connectivity index (χ0v) is 8.34. The number of ether oxygens (including phenoxy) is 1. The average molecular weight is 201 g/mol. The van der Waals surface area contributed by atoms with Crippen molar-refractivity contribution in [3.63, 3.8) is 0 Å². The molecule has 0 saturated heterocycles. The van der Waals surface area contributed by atoms with Crippen molar-refractivity contribution in [2.75, 3.05) is 5.73 Å². The normalized spacial score (nSPS) is 9.93. The van der Waals surface area contributed by atoms with Crippen molar-refractivity contribution in [1.82, 2.24) is 9.97 Å². The summed E-state index contributed by atoms with van der Waals surface area (Å²) in [7, 11) is 0. The lowest BCUT2D eigenvalue weighted by Crippen LogP contribution is -1.93. The lowest BCUT2D eigenvalue weighted by Gasteiger charge is -2.04. The molecule has 0 aromatic carbocycles. The summed E-state index contributed by atoms with van der Waals surface area (Å²) in [6, 6.07) is 8.96. The van der Waals surface area contributed by atoms with Gasteiger partial charge in [0.1, 0.15) is 11.6 Å². The van der Waals surface area contributed by atoms with E-state index in [2.05, 4.69) is 9.97 Å². The Hall–Kier alpha value is -2.10. The van der Waals surface area contributed by atoms with Crippen molar-refractivity contribution in [3.8, 4) is 11.6 Å². The summed E-state index contributed by atoms with van der Waals surface area (Å²) >= 11 is 0. The lowest BCUT2D eigenvalue weighted by molar-refractivity contribution is 0.461. The van der Waals surface area contributed by atoms with Gasteiger partial charge in [-0.25, -0.2) is 0 Å². The van der Waals surface area contributed by atoms with Crippen molar-refractivity contribution >= 4 is 5.82 Å². The number of anilines is 1. The molecule has 2 aromatic rings. The van der Waals surface area contributed by atoms with Crippen molar-refractivity contribution in [2.24, 2.45) is 0 Å². The first-order chi connectivity index (χ1) is 7.24. The van der Waals surface area contributed by atoms with Crippen molar-refractivity contribution in [2.45, 2.75) is 6.92 Å². The van der Waals surface area contributed by atoms with Gasteiger partial charge in [-0.15, -0.1) is 0 Å². The Morgan fingerprint density at radius 1 is 1.20 bits per heavy atom. The highest BCUT2D eigenvalue weighted by Gasteiger charge is 1.98. The summed E-state index contributed by atoms with van der Waals surface area (Å²) in [6.07, 6.45) is 1.65. The van der Waals surface area contributed by atoms with Gasteiger partial charge in [0.05, 0.1) is 6.20 Å². The Bertz CT molecular complexity index is 454. The van der Waals surface area contributed by atoms with Crippen molar-refractivity contribution < 1.29 is 4.74 Å². The number of aromatic nitrogens is 2. The molecule has 2 aromatic heterocycles. The second-order valence-corrected chi connectivity index (χ2v) is 3.14. The quantitative estimate of drug-likeness (QED) is 0.808. The molecule has 0 amide bonds. The van der Waals surface area contributed by atoms with Crippen LogP contribution in [0.3, 0.4) is 0 Å². The fraction of sp³-hybridized carbons (Fsp3) is 0.0909. The zero-order valence-electron chi connectivity index (χ0n) is 8.34. The van der Waals surface area contributed by atoms with Crippen LogP contribution >= 0.6 is 0 Å². The third-order valence-corrected chi connectivity index (χ3v) is 1.85. The first kappa shape index (κ1) is 9.45. The third kappa shape index (κ3) is 2.43. The van der Waals surface area contributed by atoms with E-state index in [1.807, 2.05) is 19.1 Å². The third-order valence-electron chi connectivity index (χ3n) is 1.85. The maximum absolute atomic E-state index is 5.53. The molecule has 0 saturated carbocycles. The standard InChI is InChI=1S/C11H11N3O/c1-8-5-6-9(7-13-8)15-11-4-2-3-10(12)14-11/h2-7H,1H3,(H2,12,14). The van der Waals surface area contributed by atoms with E-state index in [4.69, 9.17) is 10.5 Å². The van der Waals surface area contributed by atoms with Gasteiger partial charge in [-0.3, -0.25) is 4.98 Å². The minimum absolute atomic E-state index is 0.438. The molecule has 0 spiro atoms. The second kappa shape index (κ2) is 3.96. The molecule has 0 unspecified atom stereocenters. The highest BCUT2D eigenvalue weighted by Crippen LogP contribution is 2.18. The van der Waals surface area contributed by atoms with E-state index in [-0.39, 0.29) is 0 Å². The molecule has 2 N–H and O–H groups in total. The monoisotopic (exact) mass is 201 g/mol. The smallest absolute Gasteiger partial charge is 0.221 e. The molecular formula is C11H11N3O. The molecule has 0 atom stereocenters.